The number of fused-ring (bicyclic) bond motifs is 1. The first kappa shape index (κ1) is 17.9. The summed E-state index contributed by atoms with van der Waals surface area (Å²) in [4.78, 5) is 14.4. The molecule has 3 rings (SSSR count). The summed E-state index contributed by atoms with van der Waals surface area (Å²) >= 11 is 0. The van der Waals surface area contributed by atoms with Gasteiger partial charge in [0.1, 0.15) is 0 Å². The molecule has 0 saturated carbocycles. The topological polar surface area (TPSA) is 41.5 Å². The van der Waals surface area contributed by atoms with Crippen molar-refractivity contribution in [2.75, 3.05) is 44.2 Å². The summed E-state index contributed by atoms with van der Waals surface area (Å²) in [6, 6.07) is 8.15. The molecule has 1 aromatic carbocycles. The second kappa shape index (κ2) is 8.99. The molecule has 0 radical (unpaired) electrons. The Kier molecular flexibility index (Phi) is 6.45. The molecule has 0 aliphatic carbocycles. The van der Waals surface area contributed by atoms with Crippen LogP contribution in [0.25, 0.3) is 10.9 Å². The summed E-state index contributed by atoms with van der Waals surface area (Å²) in [6.45, 7) is 10.5. The highest BCUT2D eigenvalue weighted by Gasteiger charge is 2.20. The predicted molar refractivity (Wildman–Crippen MR) is 104 cm³/mol. The van der Waals surface area contributed by atoms with Gasteiger partial charge in [-0.3, -0.25) is 4.90 Å². The quantitative estimate of drug-likeness (QED) is 0.684. The van der Waals surface area contributed by atoms with Gasteiger partial charge >= 0.3 is 0 Å². The van der Waals surface area contributed by atoms with Crippen LogP contribution in [0.5, 0.6) is 5.88 Å². The van der Waals surface area contributed by atoms with E-state index in [1.54, 1.807) is 0 Å². The Hall–Kier alpha value is -1.88. The lowest BCUT2D eigenvalue weighted by atomic mass is 10.2. The van der Waals surface area contributed by atoms with E-state index in [1.807, 2.05) is 24.3 Å². The van der Waals surface area contributed by atoms with Crippen molar-refractivity contribution in [2.24, 2.45) is 0 Å². The molecule has 1 fully saturated rings. The number of anilines is 1. The Morgan fingerprint density at radius 1 is 0.960 bits per heavy atom. The average Bonchev–Trinajstić information content (AvgIpc) is 2.66. The van der Waals surface area contributed by atoms with Crippen LogP contribution >= 0.6 is 0 Å². The number of piperazine rings is 1. The monoisotopic (exact) mass is 342 g/mol. The van der Waals surface area contributed by atoms with E-state index in [0.717, 1.165) is 61.9 Å². The van der Waals surface area contributed by atoms with Gasteiger partial charge in [-0.05, 0) is 31.5 Å². The largest absolute Gasteiger partial charge is 0.477 e. The third-order valence-corrected chi connectivity index (χ3v) is 4.74. The third-order valence-electron chi connectivity index (χ3n) is 4.74. The Morgan fingerprint density at radius 2 is 1.76 bits per heavy atom. The van der Waals surface area contributed by atoms with Gasteiger partial charge in [-0.1, -0.05) is 38.8 Å². The van der Waals surface area contributed by atoms with Crippen LogP contribution in [-0.2, 0) is 0 Å². The van der Waals surface area contributed by atoms with Crippen LogP contribution in [0.4, 0.5) is 5.95 Å². The van der Waals surface area contributed by atoms with Gasteiger partial charge in [0.05, 0.1) is 17.5 Å². The van der Waals surface area contributed by atoms with Gasteiger partial charge < -0.3 is 9.64 Å². The summed E-state index contributed by atoms with van der Waals surface area (Å²) in [7, 11) is 0. The molecule has 0 bridgehead atoms. The van der Waals surface area contributed by atoms with Crippen molar-refractivity contribution in [3.05, 3.63) is 24.3 Å². The molecule has 1 aliphatic heterocycles. The van der Waals surface area contributed by atoms with Gasteiger partial charge in [-0.2, -0.15) is 4.98 Å². The van der Waals surface area contributed by atoms with Crippen molar-refractivity contribution >= 4 is 16.9 Å². The molecule has 1 aromatic heterocycles. The van der Waals surface area contributed by atoms with Crippen LogP contribution in [0, 0.1) is 0 Å². The van der Waals surface area contributed by atoms with Gasteiger partial charge in [0, 0.05) is 26.2 Å². The molecule has 0 unspecified atom stereocenters. The molecular weight excluding hydrogens is 312 g/mol. The zero-order chi connectivity index (χ0) is 17.5. The maximum Gasteiger partial charge on any atom is 0.229 e. The maximum atomic E-state index is 6.02. The van der Waals surface area contributed by atoms with Crippen LogP contribution < -0.4 is 9.64 Å². The highest BCUT2D eigenvalue weighted by Crippen LogP contribution is 2.26. The smallest absolute Gasteiger partial charge is 0.229 e. The van der Waals surface area contributed by atoms with E-state index in [2.05, 4.69) is 23.6 Å². The van der Waals surface area contributed by atoms with Crippen LogP contribution in [0.2, 0.25) is 0 Å². The highest BCUT2D eigenvalue weighted by molar-refractivity contribution is 5.84. The number of para-hydroxylation sites is 1. The van der Waals surface area contributed by atoms with Crippen molar-refractivity contribution in [1.29, 1.82) is 0 Å². The van der Waals surface area contributed by atoms with E-state index >= 15 is 0 Å². The molecule has 1 saturated heterocycles. The van der Waals surface area contributed by atoms with Gasteiger partial charge in [0.25, 0.3) is 0 Å². The molecular formula is C20H30N4O. The van der Waals surface area contributed by atoms with Crippen molar-refractivity contribution in [3.8, 4) is 5.88 Å². The molecule has 0 amide bonds. The zero-order valence-electron chi connectivity index (χ0n) is 15.6. The number of ether oxygens (including phenoxy) is 1. The van der Waals surface area contributed by atoms with Crippen LogP contribution in [0.3, 0.4) is 0 Å². The first-order valence-corrected chi connectivity index (χ1v) is 9.68. The molecule has 0 atom stereocenters. The van der Waals surface area contributed by atoms with E-state index in [9.17, 15) is 0 Å². The summed E-state index contributed by atoms with van der Waals surface area (Å²) in [5.41, 5.74) is 0.967. The second-order valence-corrected chi connectivity index (χ2v) is 6.73. The molecule has 136 valence electrons. The maximum absolute atomic E-state index is 6.02. The SMILES string of the molecule is CCCCCOc1nc(N2CCN(CCC)CC2)nc2ccccc12. The number of benzene rings is 1. The first-order valence-electron chi connectivity index (χ1n) is 9.68. The predicted octanol–water partition coefficient (Wildman–Crippen LogP) is 3.73. The average molecular weight is 342 g/mol. The molecule has 1 aliphatic rings. The van der Waals surface area contributed by atoms with Crippen molar-refractivity contribution in [3.63, 3.8) is 0 Å². The molecule has 5 nitrogen and oxygen atoms in total. The standard InChI is InChI=1S/C20H30N4O/c1-3-5-8-16-25-19-17-9-6-7-10-18(17)21-20(22-19)24-14-12-23(11-4-2)13-15-24/h6-7,9-10H,3-5,8,11-16H2,1-2H3. The molecule has 2 heterocycles. The zero-order valence-corrected chi connectivity index (χ0v) is 15.6. The Labute approximate surface area is 151 Å². The van der Waals surface area contributed by atoms with Crippen molar-refractivity contribution in [1.82, 2.24) is 14.9 Å². The Balaban J connectivity index is 1.76. The van der Waals surface area contributed by atoms with Gasteiger partial charge in [-0.15, -0.1) is 0 Å². The summed E-state index contributed by atoms with van der Waals surface area (Å²) < 4.78 is 6.02. The van der Waals surface area contributed by atoms with E-state index in [1.165, 1.54) is 25.8 Å². The fourth-order valence-corrected chi connectivity index (χ4v) is 3.30. The summed E-state index contributed by atoms with van der Waals surface area (Å²) in [5, 5.41) is 1.01. The molecule has 0 N–H and O–H groups in total. The van der Waals surface area contributed by atoms with Gasteiger partial charge in [-0.25, -0.2) is 4.98 Å². The van der Waals surface area contributed by atoms with Crippen molar-refractivity contribution in [2.45, 2.75) is 39.5 Å². The number of unbranched alkanes of at least 4 members (excludes halogenated alkanes) is 2. The Morgan fingerprint density at radius 3 is 2.52 bits per heavy atom. The Bertz CT molecular complexity index is 668. The van der Waals surface area contributed by atoms with Crippen LogP contribution in [0.1, 0.15) is 39.5 Å². The minimum atomic E-state index is 0.721. The van der Waals surface area contributed by atoms with E-state index < -0.39 is 0 Å². The number of aromatic nitrogens is 2. The van der Waals surface area contributed by atoms with Crippen LogP contribution in [0.15, 0.2) is 24.3 Å². The normalized spacial score (nSPS) is 15.7. The highest BCUT2D eigenvalue weighted by atomic mass is 16.5. The molecule has 2 aromatic rings. The third kappa shape index (κ3) is 4.60. The lowest BCUT2D eigenvalue weighted by Gasteiger charge is -2.34. The van der Waals surface area contributed by atoms with Gasteiger partial charge in [0.2, 0.25) is 11.8 Å². The van der Waals surface area contributed by atoms with E-state index in [0.29, 0.717) is 0 Å². The number of hydrogen-bond acceptors (Lipinski definition) is 5. The fraction of sp³-hybridized carbons (Fsp3) is 0.600. The van der Waals surface area contributed by atoms with E-state index in [4.69, 9.17) is 14.7 Å². The number of hydrogen-bond donors (Lipinski definition) is 0. The fourth-order valence-electron chi connectivity index (χ4n) is 3.30. The molecule has 25 heavy (non-hydrogen) atoms. The first-order chi connectivity index (χ1) is 12.3. The molecule has 0 spiro atoms. The van der Waals surface area contributed by atoms with Crippen LogP contribution in [-0.4, -0.2) is 54.2 Å². The lowest BCUT2D eigenvalue weighted by Crippen LogP contribution is -2.47. The number of nitrogens with zero attached hydrogens (tertiary/aromatic N) is 4. The van der Waals surface area contributed by atoms with Gasteiger partial charge in [0.15, 0.2) is 0 Å². The summed E-state index contributed by atoms with van der Waals surface area (Å²) in [6.07, 6.45) is 4.67. The molecule has 5 heteroatoms. The summed E-state index contributed by atoms with van der Waals surface area (Å²) in [5.74, 6) is 1.54. The second-order valence-electron chi connectivity index (χ2n) is 6.73. The minimum Gasteiger partial charge on any atom is -0.477 e. The minimum absolute atomic E-state index is 0.721. The number of rotatable bonds is 8. The lowest BCUT2D eigenvalue weighted by molar-refractivity contribution is 0.256. The van der Waals surface area contributed by atoms with E-state index in [-0.39, 0.29) is 0 Å². The van der Waals surface area contributed by atoms with Crippen molar-refractivity contribution < 1.29 is 4.74 Å².